The minimum Gasteiger partial charge on any atom is -0.396 e. The van der Waals surface area contributed by atoms with E-state index >= 15 is 0 Å². The number of rotatable bonds is 1. The molecule has 3 nitrogen and oxygen atoms in total. The summed E-state index contributed by atoms with van der Waals surface area (Å²) in [4.78, 5) is 0. The van der Waals surface area contributed by atoms with Crippen molar-refractivity contribution < 1.29 is 14.9 Å². The standard InChI is InChI=1S/C20H30O3/c1-17(11-21)6-3-7-18(2)15(17)5-4-13-16-14-10-19(13,18)8-9-20(14,22)12-23-16/h4,14-16,21-22H,3,5-12H2,1-2H3/t14-,15-,16+,17-,18-,19-,20-/m0/s1. The van der Waals surface area contributed by atoms with Crippen molar-refractivity contribution in [3.63, 3.8) is 0 Å². The summed E-state index contributed by atoms with van der Waals surface area (Å²) in [5.74, 6) is 0.864. The Hall–Kier alpha value is -0.380. The van der Waals surface area contributed by atoms with E-state index in [1.807, 2.05) is 0 Å². The van der Waals surface area contributed by atoms with E-state index in [1.165, 1.54) is 18.4 Å². The van der Waals surface area contributed by atoms with Crippen LogP contribution in [0, 0.1) is 28.1 Å². The Bertz CT molecular complexity index is 585. The molecule has 0 aromatic heterocycles. The topological polar surface area (TPSA) is 49.7 Å². The van der Waals surface area contributed by atoms with Gasteiger partial charge in [0.25, 0.3) is 0 Å². The molecule has 1 aliphatic heterocycles. The van der Waals surface area contributed by atoms with Gasteiger partial charge in [0, 0.05) is 17.9 Å². The van der Waals surface area contributed by atoms with Gasteiger partial charge in [0.05, 0.1) is 18.3 Å². The second kappa shape index (κ2) is 4.23. The number of allylic oxidation sites excluding steroid dienone is 1. The van der Waals surface area contributed by atoms with Crippen LogP contribution in [0.5, 0.6) is 0 Å². The molecule has 0 aromatic rings. The monoisotopic (exact) mass is 318 g/mol. The van der Waals surface area contributed by atoms with Crippen LogP contribution < -0.4 is 0 Å². The summed E-state index contributed by atoms with van der Waals surface area (Å²) >= 11 is 0. The van der Waals surface area contributed by atoms with Crippen LogP contribution in [0.2, 0.25) is 0 Å². The molecule has 3 heteroatoms. The van der Waals surface area contributed by atoms with Crippen LogP contribution in [0.4, 0.5) is 0 Å². The number of ether oxygens (including phenoxy) is 1. The molecule has 5 aliphatic rings. The van der Waals surface area contributed by atoms with Gasteiger partial charge in [-0.2, -0.15) is 0 Å². The van der Waals surface area contributed by atoms with E-state index in [1.54, 1.807) is 0 Å². The fourth-order valence-electron chi connectivity index (χ4n) is 7.73. The highest BCUT2D eigenvalue weighted by Crippen LogP contribution is 2.75. The lowest BCUT2D eigenvalue weighted by Crippen LogP contribution is -2.58. The lowest BCUT2D eigenvalue weighted by molar-refractivity contribution is -0.144. The summed E-state index contributed by atoms with van der Waals surface area (Å²) in [6.45, 7) is 5.64. The normalized spacial score (nSPS) is 60.2. The third-order valence-electron chi connectivity index (χ3n) is 9.06. The molecule has 0 unspecified atom stereocenters. The smallest absolute Gasteiger partial charge is 0.0937 e. The third-order valence-corrected chi connectivity index (χ3v) is 9.06. The summed E-state index contributed by atoms with van der Waals surface area (Å²) in [6.07, 6.45) is 10.5. The van der Waals surface area contributed by atoms with Gasteiger partial charge in [-0.15, -0.1) is 0 Å². The summed E-state index contributed by atoms with van der Waals surface area (Å²) < 4.78 is 6.11. The molecular weight excluding hydrogens is 288 g/mol. The van der Waals surface area contributed by atoms with Gasteiger partial charge < -0.3 is 14.9 Å². The van der Waals surface area contributed by atoms with Crippen molar-refractivity contribution in [2.24, 2.45) is 28.1 Å². The van der Waals surface area contributed by atoms with Crippen molar-refractivity contribution in [1.29, 1.82) is 0 Å². The molecule has 7 atom stereocenters. The van der Waals surface area contributed by atoms with Gasteiger partial charge in [0.2, 0.25) is 0 Å². The Morgan fingerprint density at radius 2 is 2.04 bits per heavy atom. The predicted molar refractivity (Wildman–Crippen MR) is 87.8 cm³/mol. The molecule has 1 spiro atoms. The third kappa shape index (κ3) is 1.49. The Balaban J connectivity index is 1.65. The van der Waals surface area contributed by atoms with Crippen molar-refractivity contribution >= 4 is 0 Å². The van der Waals surface area contributed by atoms with Crippen LogP contribution in [0.1, 0.15) is 58.8 Å². The molecule has 4 aliphatic carbocycles. The molecule has 1 heterocycles. The molecule has 2 bridgehead atoms. The molecule has 1 saturated heterocycles. The fourth-order valence-corrected chi connectivity index (χ4v) is 7.73. The first-order valence-electron chi connectivity index (χ1n) is 9.54. The van der Waals surface area contributed by atoms with Crippen molar-refractivity contribution in [2.45, 2.75) is 70.5 Å². The van der Waals surface area contributed by atoms with Crippen molar-refractivity contribution in [3.8, 4) is 0 Å². The summed E-state index contributed by atoms with van der Waals surface area (Å²) in [5.41, 5.74) is 1.47. The Morgan fingerprint density at radius 1 is 1.22 bits per heavy atom. The Labute approximate surface area is 139 Å². The van der Waals surface area contributed by atoms with E-state index in [9.17, 15) is 10.2 Å². The number of aliphatic hydroxyl groups excluding tert-OH is 1. The summed E-state index contributed by atoms with van der Waals surface area (Å²) in [7, 11) is 0. The van der Waals surface area contributed by atoms with Gasteiger partial charge in [-0.1, -0.05) is 26.3 Å². The van der Waals surface area contributed by atoms with E-state index in [0.29, 0.717) is 25.0 Å². The zero-order valence-electron chi connectivity index (χ0n) is 14.5. The highest BCUT2D eigenvalue weighted by atomic mass is 16.5. The van der Waals surface area contributed by atoms with Crippen LogP contribution in [-0.4, -0.2) is 35.1 Å². The molecule has 128 valence electrons. The van der Waals surface area contributed by atoms with E-state index in [-0.39, 0.29) is 22.3 Å². The average molecular weight is 318 g/mol. The van der Waals surface area contributed by atoms with Gasteiger partial charge in [0.15, 0.2) is 0 Å². The maximum absolute atomic E-state index is 11.0. The van der Waals surface area contributed by atoms with Crippen LogP contribution in [0.25, 0.3) is 0 Å². The summed E-state index contributed by atoms with van der Waals surface area (Å²) in [6, 6.07) is 0. The van der Waals surface area contributed by atoms with Crippen LogP contribution in [0.3, 0.4) is 0 Å². The molecule has 23 heavy (non-hydrogen) atoms. The Morgan fingerprint density at radius 3 is 2.83 bits per heavy atom. The van der Waals surface area contributed by atoms with Gasteiger partial charge in [-0.05, 0) is 60.8 Å². The van der Waals surface area contributed by atoms with E-state index in [0.717, 1.165) is 32.1 Å². The maximum atomic E-state index is 11.0. The van der Waals surface area contributed by atoms with Crippen LogP contribution in [0.15, 0.2) is 11.6 Å². The zero-order valence-corrected chi connectivity index (χ0v) is 14.5. The molecule has 2 N–H and O–H groups in total. The van der Waals surface area contributed by atoms with Gasteiger partial charge >= 0.3 is 0 Å². The predicted octanol–water partition coefficient (Wildman–Crippen LogP) is 3.05. The minimum atomic E-state index is -0.575. The van der Waals surface area contributed by atoms with Crippen molar-refractivity contribution in [2.75, 3.05) is 13.2 Å². The van der Waals surface area contributed by atoms with Crippen molar-refractivity contribution in [3.05, 3.63) is 11.6 Å². The Kier molecular flexibility index (Phi) is 2.74. The second-order valence-electron chi connectivity index (χ2n) is 9.76. The molecule has 0 aromatic carbocycles. The first-order valence-corrected chi connectivity index (χ1v) is 9.54. The molecule has 3 saturated carbocycles. The highest BCUT2D eigenvalue weighted by Gasteiger charge is 2.72. The number of hydrogen-bond donors (Lipinski definition) is 2. The number of aliphatic hydroxyl groups is 2. The first kappa shape index (κ1) is 14.9. The number of fused-ring (bicyclic) bond motifs is 2. The SMILES string of the molecule is C[C@@]1(CO)CCC[C@@]2(C)[C@H]1CC=C1[C@H]3OC[C@@]4(O)CC[C@]12C[C@@H]34. The molecule has 4 fully saturated rings. The quantitative estimate of drug-likeness (QED) is 0.731. The second-order valence-corrected chi connectivity index (χ2v) is 9.76. The van der Waals surface area contributed by atoms with Crippen LogP contribution >= 0.6 is 0 Å². The van der Waals surface area contributed by atoms with Gasteiger partial charge in [0.1, 0.15) is 0 Å². The van der Waals surface area contributed by atoms with Gasteiger partial charge in [-0.3, -0.25) is 0 Å². The molecule has 0 amide bonds. The van der Waals surface area contributed by atoms with Crippen LogP contribution in [-0.2, 0) is 4.74 Å². The summed E-state index contributed by atoms with van der Waals surface area (Å²) in [5, 5.41) is 21.1. The fraction of sp³-hybridized carbons (Fsp3) is 0.900. The van der Waals surface area contributed by atoms with E-state index in [2.05, 4.69) is 19.9 Å². The average Bonchev–Trinajstić information content (AvgIpc) is 3.01. The van der Waals surface area contributed by atoms with Gasteiger partial charge in [-0.25, -0.2) is 0 Å². The molecule has 5 rings (SSSR count). The zero-order chi connectivity index (χ0) is 16.1. The largest absolute Gasteiger partial charge is 0.396 e. The maximum Gasteiger partial charge on any atom is 0.0937 e. The van der Waals surface area contributed by atoms with Crippen molar-refractivity contribution in [1.82, 2.24) is 0 Å². The van der Waals surface area contributed by atoms with E-state index < -0.39 is 5.60 Å². The lowest BCUT2D eigenvalue weighted by Gasteiger charge is -2.63. The minimum absolute atomic E-state index is 0.0517. The highest BCUT2D eigenvalue weighted by molar-refractivity contribution is 5.39. The molecule has 0 radical (unpaired) electrons. The first-order chi connectivity index (χ1) is 10.9. The lowest BCUT2D eigenvalue weighted by atomic mass is 9.41. The molecular formula is C20H30O3. The van der Waals surface area contributed by atoms with E-state index in [4.69, 9.17) is 4.74 Å². The number of hydrogen-bond acceptors (Lipinski definition) is 3.